The summed E-state index contributed by atoms with van der Waals surface area (Å²) in [5, 5.41) is 4.89. The normalized spacial score (nSPS) is 18.8. The van der Waals surface area contributed by atoms with Crippen LogP contribution in [0.15, 0.2) is 29.8 Å². The Morgan fingerprint density at radius 3 is 2.71 bits per heavy atom. The molecule has 0 radical (unpaired) electrons. The van der Waals surface area contributed by atoms with Gasteiger partial charge in [0.1, 0.15) is 17.8 Å². The summed E-state index contributed by atoms with van der Waals surface area (Å²) in [5.74, 6) is -0.701. The van der Waals surface area contributed by atoms with Crippen LogP contribution in [0.2, 0.25) is 0 Å². The number of amides is 4. The first kappa shape index (κ1) is 18.5. The summed E-state index contributed by atoms with van der Waals surface area (Å²) in [6.07, 6.45) is 5.89. The van der Waals surface area contributed by atoms with Crippen LogP contribution in [0.3, 0.4) is 0 Å². The third-order valence-electron chi connectivity index (χ3n) is 5.46. The Bertz CT molecular complexity index is 907. The highest BCUT2D eigenvalue weighted by Crippen LogP contribution is 2.39. The van der Waals surface area contributed by atoms with Crippen LogP contribution < -0.4 is 5.32 Å². The molecule has 1 aliphatic carbocycles. The van der Waals surface area contributed by atoms with E-state index in [1.54, 1.807) is 18.6 Å². The van der Waals surface area contributed by atoms with Crippen molar-refractivity contribution >= 4 is 34.3 Å². The van der Waals surface area contributed by atoms with Gasteiger partial charge in [0.05, 0.1) is 5.69 Å². The lowest BCUT2D eigenvalue weighted by molar-refractivity contribution is -0.136. The summed E-state index contributed by atoms with van der Waals surface area (Å²) in [4.78, 5) is 49.2. The number of thiazole rings is 1. The smallest absolute Gasteiger partial charge is 0.313 e. The van der Waals surface area contributed by atoms with E-state index in [2.05, 4.69) is 15.3 Å². The number of likely N-dealkylation sites (N-methyl/N-ethyl adjacent to an activating group) is 1. The Kier molecular flexibility index (Phi) is 4.84. The molecule has 3 heterocycles. The third-order valence-corrected chi connectivity index (χ3v) is 6.22. The zero-order chi connectivity index (χ0) is 19.7. The molecule has 1 N–H and O–H groups in total. The molecule has 0 bridgehead atoms. The van der Waals surface area contributed by atoms with Gasteiger partial charge in [-0.25, -0.2) is 9.78 Å². The van der Waals surface area contributed by atoms with Gasteiger partial charge in [0.2, 0.25) is 5.91 Å². The van der Waals surface area contributed by atoms with Gasteiger partial charge in [-0.3, -0.25) is 19.5 Å². The zero-order valence-electron chi connectivity index (χ0n) is 15.6. The highest BCUT2D eigenvalue weighted by molar-refractivity contribution is 7.14. The van der Waals surface area contributed by atoms with E-state index in [1.807, 2.05) is 18.2 Å². The maximum atomic E-state index is 12.9. The van der Waals surface area contributed by atoms with Crippen molar-refractivity contribution in [1.82, 2.24) is 19.8 Å². The number of urea groups is 1. The number of nitrogens with one attached hydrogen (secondary N) is 1. The molecule has 28 heavy (non-hydrogen) atoms. The molecule has 1 saturated heterocycles. The van der Waals surface area contributed by atoms with Gasteiger partial charge in [0, 0.05) is 18.6 Å². The topological polar surface area (TPSA) is 95.5 Å². The fourth-order valence-electron chi connectivity index (χ4n) is 3.94. The Morgan fingerprint density at radius 2 is 2.00 bits per heavy atom. The van der Waals surface area contributed by atoms with Crippen LogP contribution in [0, 0.1) is 0 Å². The molecule has 8 nitrogen and oxygen atoms in total. The second-order valence-corrected chi connectivity index (χ2v) is 7.98. The first-order chi connectivity index (χ1) is 13.5. The number of anilines is 1. The average Bonchev–Trinajstić information content (AvgIpc) is 3.25. The first-order valence-electron chi connectivity index (χ1n) is 9.28. The highest BCUT2D eigenvalue weighted by atomic mass is 32.1. The Balaban J connectivity index is 1.43. The molecule has 2 aromatic rings. The van der Waals surface area contributed by atoms with E-state index in [9.17, 15) is 14.4 Å². The molecule has 1 aliphatic heterocycles. The molecule has 1 spiro atoms. The molecule has 0 atom stereocenters. The predicted octanol–water partition coefficient (Wildman–Crippen LogP) is 2.74. The molecular weight excluding hydrogens is 378 g/mol. The molecule has 146 valence electrons. The Labute approximate surface area is 166 Å². The molecule has 9 heteroatoms. The lowest BCUT2D eigenvalue weighted by Crippen LogP contribution is -2.49. The van der Waals surface area contributed by atoms with E-state index < -0.39 is 17.5 Å². The van der Waals surface area contributed by atoms with Crippen molar-refractivity contribution in [3.05, 3.63) is 29.8 Å². The summed E-state index contributed by atoms with van der Waals surface area (Å²) in [5.41, 5.74) is 0.600. The van der Waals surface area contributed by atoms with E-state index in [0.29, 0.717) is 29.4 Å². The average molecular weight is 399 g/mol. The van der Waals surface area contributed by atoms with Crippen molar-refractivity contribution in [3.8, 4) is 11.4 Å². The number of hydrogen-bond acceptors (Lipinski definition) is 6. The monoisotopic (exact) mass is 399 g/mol. The quantitative estimate of drug-likeness (QED) is 0.798. The zero-order valence-corrected chi connectivity index (χ0v) is 16.4. The fraction of sp³-hybridized carbons (Fsp3) is 0.421. The SMILES string of the molecule is CN1C(=O)N(CC(=O)Nc2nc(-c3ccccn3)cs2)C(=O)C12CCCCC2. The van der Waals surface area contributed by atoms with Gasteiger partial charge in [-0.2, -0.15) is 0 Å². The van der Waals surface area contributed by atoms with E-state index in [1.165, 1.54) is 16.2 Å². The van der Waals surface area contributed by atoms with Gasteiger partial charge in [0.15, 0.2) is 5.13 Å². The van der Waals surface area contributed by atoms with Crippen LogP contribution in [0.5, 0.6) is 0 Å². The Morgan fingerprint density at radius 1 is 1.21 bits per heavy atom. The van der Waals surface area contributed by atoms with Crippen LogP contribution in [-0.4, -0.2) is 56.7 Å². The molecule has 0 aromatic carbocycles. The molecule has 2 aliphatic rings. The first-order valence-corrected chi connectivity index (χ1v) is 10.2. The van der Waals surface area contributed by atoms with Crippen molar-refractivity contribution in [2.75, 3.05) is 18.9 Å². The number of carbonyl (C=O) groups excluding carboxylic acids is 3. The maximum Gasteiger partial charge on any atom is 0.327 e. The number of aromatic nitrogens is 2. The van der Waals surface area contributed by atoms with Crippen LogP contribution in [0.1, 0.15) is 32.1 Å². The van der Waals surface area contributed by atoms with Crippen LogP contribution in [-0.2, 0) is 9.59 Å². The van der Waals surface area contributed by atoms with E-state index in [-0.39, 0.29) is 12.5 Å². The number of carbonyl (C=O) groups is 3. The number of imide groups is 1. The van der Waals surface area contributed by atoms with E-state index >= 15 is 0 Å². The fourth-order valence-corrected chi connectivity index (χ4v) is 4.66. The maximum absolute atomic E-state index is 12.9. The van der Waals surface area contributed by atoms with E-state index in [0.717, 1.165) is 24.2 Å². The number of hydrogen-bond donors (Lipinski definition) is 1. The second-order valence-electron chi connectivity index (χ2n) is 7.13. The van der Waals surface area contributed by atoms with Gasteiger partial charge in [0.25, 0.3) is 5.91 Å². The van der Waals surface area contributed by atoms with E-state index in [4.69, 9.17) is 0 Å². The minimum absolute atomic E-state index is 0.261. The molecule has 4 amide bonds. The molecule has 2 fully saturated rings. The predicted molar refractivity (Wildman–Crippen MR) is 105 cm³/mol. The third kappa shape index (κ3) is 3.15. The van der Waals surface area contributed by atoms with Gasteiger partial charge < -0.3 is 10.2 Å². The lowest BCUT2D eigenvalue weighted by Gasteiger charge is -2.35. The second kappa shape index (κ2) is 7.31. The highest BCUT2D eigenvalue weighted by Gasteiger charge is 2.55. The van der Waals surface area contributed by atoms with Crippen LogP contribution in [0.25, 0.3) is 11.4 Å². The van der Waals surface area contributed by atoms with Crippen molar-refractivity contribution < 1.29 is 14.4 Å². The van der Waals surface area contributed by atoms with Gasteiger partial charge in [-0.15, -0.1) is 11.3 Å². The summed E-state index contributed by atoms with van der Waals surface area (Å²) < 4.78 is 0. The molecule has 2 aromatic heterocycles. The molecule has 1 saturated carbocycles. The minimum Gasteiger partial charge on any atom is -0.313 e. The molecule has 0 unspecified atom stereocenters. The molecular formula is C19H21N5O3S. The van der Waals surface area contributed by atoms with Crippen molar-refractivity contribution in [2.45, 2.75) is 37.6 Å². The lowest BCUT2D eigenvalue weighted by atomic mass is 9.81. The number of pyridine rings is 1. The van der Waals surface area contributed by atoms with Gasteiger partial charge in [-0.1, -0.05) is 25.3 Å². The van der Waals surface area contributed by atoms with Crippen LogP contribution >= 0.6 is 11.3 Å². The van der Waals surface area contributed by atoms with Crippen LogP contribution in [0.4, 0.5) is 9.93 Å². The summed E-state index contributed by atoms with van der Waals surface area (Å²) >= 11 is 1.27. The van der Waals surface area contributed by atoms with Gasteiger partial charge >= 0.3 is 6.03 Å². The van der Waals surface area contributed by atoms with Crippen molar-refractivity contribution in [3.63, 3.8) is 0 Å². The number of nitrogens with zero attached hydrogens (tertiary/aromatic N) is 4. The number of rotatable bonds is 4. The van der Waals surface area contributed by atoms with Gasteiger partial charge in [-0.05, 0) is 25.0 Å². The summed E-state index contributed by atoms with van der Waals surface area (Å²) in [7, 11) is 1.66. The van der Waals surface area contributed by atoms with Crippen molar-refractivity contribution in [1.29, 1.82) is 0 Å². The van der Waals surface area contributed by atoms with Crippen molar-refractivity contribution in [2.24, 2.45) is 0 Å². The standard InChI is InChI=1S/C19H21N5O3S/c1-23-18(27)24(16(26)19(23)8-4-2-5-9-19)11-15(25)22-17-21-14(12-28-17)13-7-3-6-10-20-13/h3,6-7,10,12H,2,4-5,8-9,11H2,1H3,(H,21,22,25). The molecule has 4 rings (SSSR count). The minimum atomic E-state index is -0.775. The summed E-state index contributed by atoms with van der Waals surface area (Å²) in [6, 6.07) is 5.11. The Hall–Kier alpha value is -2.81. The largest absolute Gasteiger partial charge is 0.327 e. The summed E-state index contributed by atoms with van der Waals surface area (Å²) in [6.45, 7) is -0.303.